The number of nitrogens with zero attached hydrogens (tertiary/aromatic N) is 1. The highest BCUT2D eigenvalue weighted by atomic mass is 16.3. The molecule has 0 bridgehead atoms. The van der Waals surface area contributed by atoms with Crippen LogP contribution in [0.5, 0.6) is 0 Å². The minimum atomic E-state index is -0.274. The molecule has 0 saturated heterocycles. The molecule has 3 heteroatoms. The highest BCUT2D eigenvalue weighted by Crippen LogP contribution is 2.24. The van der Waals surface area contributed by atoms with Crippen LogP contribution in [-0.2, 0) is 0 Å². The molecule has 0 aromatic carbocycles. The van der Waals surface area contributed by atoms with Gasteiger partial charge in [-0.15, -0.1) is 0 Å². The average molecular weight is 175 g/mol. The lowest BCUT2D eigenvalue weighted by Gasteiger charge is -2.29. The molecule has 74 valence electrons. The van der Waals surface area contributed by atoms with Gasteiger partial charge in [0.25, 0.3) is 0 Å². The number of aliphatic hydroxyl groups excluding tert-OH is 2. The van der Waals surface area contributed by atoms with E-state index >= 15 is 0 Å². The summed E-state index contributed by atoms with van der Waals surface area (Å²) in [6, 6.07) is 0. The summed E-state index contributed by atoms with van der Waals surface area (Å²) in [5.74, 6) is 0. The maximum Gasteiger partial charge on any atom is 0.0509 e. The first-order valence-electron chi connectivity index (χ1n) is 4.46. The van der Waals surface area contributed by atoms with Gasteiger partial charge in [0.2, 0.25) is 0 Å². The highest BCUT2D eigenvalue weighted by molar-refractivity contribution is 4.76. The summed E-state index contributed by atoms with van der Waals surface area (Å²) in [6.45, 7) is 3.07. The molecular weight excluding hydrogens is 154 g/mol. The van der Waals surface area contributed by atoms with E-state index in [1.165, 1.54) is 0 Å². The minimum absolute atomic E-state index is 0.0772. The van der Waals surface area contributed by atoms with Gasteiger partial charge in [0.15, 0.2) is 0 Å². The van der Waals surface area contributed by atoms with E-state index in [0.29, 0.717) is 0 Å². The molecule has 0 amide bonds. The molecule has 0 saturated carbocycles. The van der Waals surface area contributed by atoms with E-state index in [9.17, 15) is 0 Å². The fourth-order valence-corrected chi connectivity index (χ4v) is 1.07. The molecule has 0 aliphatic heterocycles. The average Bonchev–Trinajstić information content (AvgIpc) is 2.08. The molecule has 0 unspecified atom stereocenters. The summed E-state index contributed by atoms with van der Waals surface area (Å²) in [6.07, 6.45) is 1.68. The third kappa shape index (κ3) is 3.52. The summed E-state index contributed by atoms with van der Waals surface area (Å²) in [4.78, 5) is 2.07. The second-order valence-electron chi connectivity index (χ2n) is 3.72. The zero-order chi connectivity index (χ0) is 9.61. The molecule has 12 heavy (non-hydrogen) atoms. The van der Waals surface area contributed by atoms with E-state index < -0.39 is 0 Å². The van der Waals surface area contributed by atoms with Crippen LogP contribution in [0.25, 0.3) is 0 Å². The molecule has 0 fully saturated rings. The molecule has 2 N–H and O–H groups in total. The van der Waals surface area contributed by atoms with Crippen molar-refractivity contribution in [3.05, 3.63) is 0 Å². The Morgan fingerprint density at radius 2 is 1.67 bits per heavy atom. The molecule has 3 nitrogen and oxygen atoms in total. The van der Waals surface area contributed by atoms with Crippen LogP contribution in [-0.4, -0.2) is 49.0 Å². The predicted molar refractivity (Wildman–Crippen MR) is 50.1 cm³/mol. The van der Waals surface area contributed by atoms with Crippen LogP contribution in [0, 0.1) is 5.41 Å². The zero-order valence-electron chi connectivity index (χ0n) is 8.38. The van der Waals surface area contributed by atoms with Crippen molar-refractivity contribution in [1.82, 2.24) is 4.90 Å². The van der Waals surface area contributed by atoms with Crippen molar-refractivity contribution in [2.75, 3.05) is 33.9 Å². The van der Waals surface area contributed by atoms with Gasteiger partial charge in [0, 0.05) is 5.41 Å². The lowest BCUT2D eigenvalue weighted by atomic mass is 9.83. The van der Waals surface area contributed by atoms with Crippen LogP contribution in [0.3, 0.4) is 0 Å². The first-order valence-corrected chi connectivity index (χ1v) is 4.46. The lowest BCUT2D eigenvalue weighted by Crippen LogP contribution is -2.32. The van der Waals surface area contributed by atoms with E-state index in [1.54, 1.807) is 0 Å². The fourth-order valence-electron chi connectivity index (χ4n) is 1.07. The van der Waals surface area contributed by atoms with Crippen molar-refractivity contribution in [3.63, 3.8) is 0 Å². The minimum Gasteiger partial charge on any atom is -0.396 e. The van der Waals surface area contributed by atoms with Gasteiger partial charge in [-0.25, -0.2) is 0 Å². The van der Waals surface area contributed by atoms with Gasteiger partial charge in [-0.05, 0) is 33.5 Å². The summed E-state index contributed by atoms with van der Waals surface area (Å²) in [7, 11) is 3.99. The second-order valence-corrected chi connectivity index (χ2v) is 3.72. The molecule has 0 aromatic rings. The first-order chi connectivity index (χ1) is 5.60. The lowest BCUT2D eigenvalue weighted by molar-refractivity contribution is 0.0383. The number of rotatable bonds is 6. The molecule has 0 heterocycles. The Labute approximate surface area is 75.0 Å². The van der Waals surface area contributed by atoms with E-state index in [0.717, 1.165) is 19.4 Å². The highest BCUT2D eigenvalue weighted by Gasteiger charge is 2.25. The Balaban J connectivity index is 3.93. The Hall–Kier alpha value is -0.120. The smallest absolute Gasteiger partial charge is 0.0509 e. The second kappa shape index (κ2) is 5.51. The van der Waals surface area contributed by atoms with E-state index in [4.69, 9.17) is 10.2 Å². The predicted octanol–water partition coefficient (Wildman–Crippen LogP) is 0.319. The van der Waals surface area contributed by atoms with Crippen molar-refractivity contribution in [3.8, 4) is 0 Å². The summed E-state index contributed by atoms with van der Waals surface area (Å²) in [5.41, 5.74) is -0.274. The third-order valence-corrected chi connectivity index (χ3v) is 2.51. The van der Waals surface area contributed by atoms with Gasteiger partial charge in [-0.1, -0.05) is 6.92 Å². The van der Waals surface area contributed by atoms with Gasteiger partial charge >= 0.3 is 0 Å². The van der Waals surface area contributed by atoms with Crippen LogP contribution in [0.15, 0.2) is 0 Å². The topological polar surface area (TPSA) is 43.7 Å². The van der Waals surface area contributed by atoms with Crippen molar-refractivity contribution < 1.29 is 10.2 Å². The zero-order valence-corrected chi connectivity index (χ0v) is 8.38. The summed E-state index contributed by atoms with van der Waals surface area (Å²) >= 11 is 0. The van der Waals surface area contributed by atoms with Gasteiger partial charge in [-0.2, -0.15) is 0 Å². The maximum absolute atomic E-state index is 9.11. The Kier molecular flexibility index (Phi) is 5.46. The Morgan fingerprint density at radius 1 is 1.17 bits per heavy atom. The summed E-state index contributed by atoms with van der Waals surface area (Å²) in [5, 5.41) is 18.2. The van der Waals surface area contributed by atoms with Crippen LogP contribution < -0.4 is 0 Å². The van der Waals surface area contributed by atoms with E-state index in [-0.39, 0.29) is 18.6 Å². The standard InChI is InChI=1S/C9H21NO2/c1-4-9(7-11,8-12)5-6-10(2)3/h11-12H,4-8H2,1-3H3. The van der Waals surface area contributed by atoms with Crippen LogP contribution in [0.2, 0.25) is 0 Å². The normalized spacial score (nSPS) is 12.5. The quantitative estimate of drug-likeness (QED) is 0.611. The van der Waals surface area contributed by atoms with Crippen molar-refractivity contribution in [2.24, 2.45) is 5.41 Å². The fraction of sp³-hybridized carbons (Fsp3) is 1.00. The number of hydrogen-bond acceptors (Lipinski definition) is 3. The first kappa shape index (κ1) is 11.9. The van der Waals surface area contributed by atoms with Crippen LogP contribution >= 0.6 is 0 Å². The monoisotopic (exact) mass is 175 g/mol. The largest absolute Gasteiger partial charge is 0.396 e. The SMILES string of the molecule is CCC(CO)(CO)CCN(C)C. The third-order valence-electron chi connectivity index (χ3n) is 2.51. The molecular formula is C9H21NO2. The van der Waals surface area contributed by atoms with Gasteiger partial charge < -0.3 is 15.1 Å². The molecule has 0 radical (unpaired) electrons. The molecule has 0 spiro atoms. The Morgan fingerprint density at radius 3 is 1.92 bits per heavy atom. The number of hydrogen-bond donors (Lipinski definition) is 2. The van der Waals surface area contributed by atoms with Crippen molar-refractivity contribution >= 4 is 0 Å². The van der Waals surface area contributed by atoms with Crippen molar-refractivity contribution in [2.45, 2.75) is 19.8 Å². The van der Waals surface area contributed by atoms with Crippen molar-refractivity contribution in [1.29, 1.82) is 0 Å². The molecule has 0 aliphatic carbocycles. The van der Waals surface area contributed by atoms with E-state index in [1.807, 2.05) is 21.0 Å². The molecule has 0 atom stereocenters. The molecule has 0 aromatic heterocycles. The molecule has 0 aliphatic rings. The summed E-state index contributed by atoms with van der Waals surface area (Å²) < 4.78 is 0. The van der Waals surface area contributed by atoms with Gasteiger partial charge in [0.05, 0.1) is 13.2 Å². The number of aliphatic hydroxyl groups is 2. The molecule has 0 rings (SSSR count). The maximum atomic E-state index is 9.11. The van der Waals surface area contributed by atoms with Crippen LogP contribution in [0.1, 0.15) is 19.8 Å². The van der Waals surface area contributed by atoms with Crippen LogP contribution in [0.4, 0.5) is 0 Å². The van der Waals surface area contributed by atoms with Gasteiger partial charge in [0.1, 0.15) is 0 Å². The Bertz CT molecular complexity index is 103. The van der Waals surface area contributed by atoms with E-state index in [2.05, 4.69) is 4.90 Å². The van der Waals surface area contributed by atoms with Gasteiger partial charge in [-0.3, -0.25) is 0 Å².